The summed E-state index contributed by atoms with van der Waals surface area (Å²) in [4.78, 5) is 23.4. The third-order valence-electron chi connectivity index (χ3n) is 10.5. The lowest BCUT2D eigenvalue weighted by atomic mass is 9.97. The van der Waals surface area contributed by atoms with E-state index < -0.39 is 6.10 Å². The van der Waals surface area contributed by atoms with Crippen LogP contribution in [0, 0.1) is 0 Å². The Kier molecular flexibility index (Phi) is 22.4. The molecule has 6 aromatic rings. The normalized spacial score (nSPS) is 11.4. The second-order valence-corrected chi connectivity index (χ2v) is 16.4. The average Bonchev–Trinajstić information content (AvgIpc) is 3.31. The molecule has 3 aromatic heterocycles. The van der Waals surface area contributed by atoms with Crippen molar-refractivity contribution in [2.75, 3.05) is 62.8 Å². The zero-order valence-electron chi connectivity index (χ0n) is 41.3. The number of rotatable bonds is 16. The molecule has 2 unspecified atom stereocenters. The number of nitrogens with two attached hydrogens (primary N) is 6. The SMILES string of the molecule is C.C.C=Cc1cc(Oc2cnc(N)nc2N)c(C(C)C)cc1OC.COc1cc(C(C)C)c(Oc2cnc(N)nc2N)cc1C(C)O.COc1cc(C(C)C)c(Oc2cnc(N)nc2N)cc1C(C)OC. The van der Waals surface area contributed by atoms with Crippen LogP contribution in [0.1, 0.15) is 134 Å². The molecule has 0 bridgehead atoms. The molecule has 3 heterocycles. The van der Waals surface area contributed by atoms with Crippen molar-refractivity contribution >= 4 is 41.4 Å². The molecule has 0 aliphatic rings. The third-order valence-corrected chi connectivity index (χ3v) is 10.5. The molecule has 0 fully saturated rings. The van der Waals surface area contributed by atoms with Gasteiger partial charge < -0.3 is 72.7 Å². The lowest BCUT2D eigenvalue weighted by molar-refractivity contribution is 0.116. The van der Waals surface area contributed by atoms with Gasteiger partial charge in [-0.15, -0.1) is 0 Å². The van der Waals surface area contributed by atoms with Crippen molar-refractivity contribution in [2.45, 2.75) is 100 Å². The number of methoxy groups -OCH3 is 4. The van der Waals surface area contributed by atoms with Crippen LogP contribution >= 0.6 is 0 Å². The van der Waals surface area contributed by atoms with Crippen LogP contribution in [0.25, 0.3) is 6.08 Å². The Labute approximate surface area is 418 Å². The fourth-order valence-corrected chi connectivity index (χ4v) is 6.64. The van der Waals surface area contributed by atoms with Crippen LogP contribution in [0.3, 0.4) is 0 Å². The van der Waals surface area contributed by atoms with E-state index in [0.29, 0.717) is 45.8 Å². The minimum absolute atomic E-state index is 0. The summed E-state index contributed by atoms with van der Waals surface area (Å²) in [5.41, 5.74) is 39.3. The number of aliphatic hydroxyl groups is 1. The molecule has 20 nitrogen and oxygen atoms in total. The highest BCUT2D eigenvalue weighted by molar-refractivity contribution is 5.62. The number of benzene rings is 3. The fourth-order valence-electron chi connectivity index (χ4n) is 6.64. The number of ether oxygens (including phenoxy) is 7. The summed E-state index contributed by atoms with van der Waals surface area (Å²) < 4.78 is 39.4. The molecule has 2 atom stereocenters. The van der Waals surface area contributed by atoms with Crippen LogP contribution in [0.2, 0.25) is 0 Å². The maximum Gasteiger partial charge on any atom is 0.222 e. The largest absolute Gasteiger partial charge is 0.496 e. The zero-order valence-corrected chi connectivity index (χ0v) is 41.3. The van der Waals surface area contributed by atoms with Gasteiger partial charge in [-0.2, -0.15) is 15.0 Å². The average molecular weight is 983 g/mol. The number of aliphatic hydroxyl groups excluding tert-OH is 1. The van der Waals surface area contributed by atoms with Gasteiger partial charge >= 0.3 is 0 Å². The minimum atomic E-state index is -0.700. The quantitative estimate of drug-likeness (QED) is 0.0474. The number of aromatic nitrogens is 6. The summed E-state index contributed by atoms with van der Waals surface area (Å²) >= 11 is 0. The van der Waals surface area contributed by atoms with Crippen LogP contribution in [-0.2, 0) is 4.74 Å². The Morgan fingerprint density at radius 3 is 1.06 bits per heavy atom. The first-order chi connectivity index (χ1) is 32.7. The Hall–Kier alpha value is -7.84. The van der Waals surface area contributed by atoms with Crippen molar-refractivity contribution in [3.63, 3.8) is 0 Å². The van der Waals surface area contributed by atoms with Gasteiger partial charge in [0.2, 0.25) is 17.8 Å². The van der Waals surface area contributed by atoms with Crippen molar-refractivity contribution in [1.82, 2.24) is 29.9 Å². The zero-order chi connectivity index (χ0) is 51.3. The van der Waals surface area contributed by atoms with Gasteiger partial charge in [0.25, 0.3) is 0 Å². The van der Waals surface area contributed by atoms with Crippen LogP contribution in [0.4, 0.5) is 35.3 Å². The van der Waals surface area contributed by atoms with Gasteiger partial charge in [0.05, 0.1) is 52.1 Å². The van der Waals surface area contributed by atoms with Gasteiger partial charge in [0.15, 0.2) is 34.7 Å². The van der Waals surface area contributed by atoms with E-state index in [4.69, 9.17) is 67.6 Å². The van der Waals surface area contributed by atoms with Crippen molar-refractivity contribution < 1.29 is 38.3 Å². The third kappa shape index (κ3) is 15.3. The fraction of sp³-hybridized carbons (Fsp3) is 0.373. The second kappa shape index (κ2) is 26.8. The molecule has 0 aliphatic carbocycles. The van der Waals surface area contributed by atoms with Crippen molar-refractivity contribution in [3.8, 4) is 51.7 Å². The van der Waals surface area contributed by atoms with Gasteiger partial charge in [0.1, 0.15) is 34.5 Å². The molecule has 0 saturated heterocycles. The van der Waals surface area contributed by atoms with E-state index in [-0.39, 0.29) is 74.0 Å². The Morgan fingerprint density at radius 2 is 0.761 bits per heavy atom. The van der Waals surface area contributed by atoms with Gasteiger partial charge in [-0.3, -0.25) is 0 Å². The first-order valence-corrected chi connectivity index (χ1v) is 21.8. The first-order valence-electron chi connectivity index (χ1n) is 21.8. The summed E-state index contributed by atoms with van der Waals surface area (Å²) in [5, 5.41) is 9.95. The monoisotopic (exact) mass is 983 g/mol. The summed E-state index contributed by atoms with van der Waals surface area (Å²) in [6.07, 6.45) is 5.20. The van der Waals surface area contributed by atoms with E-state index in [0.717, 1.165) is 39.3 Å². The summed E-state index contributed by atoms with van der Waals surface area (Å²) in [6, 6.07) is 11.3. The summed E-state index contributed by atoms with van der Waals surface area (Å²) in [7, 11) is 6.47. The molecule has 20 heteroatoms. The minimum Gasteiger partial charge on any atom is -0.496 e. The maximum absolute atomic E-state index is 9.95. The molecule has 0 saturated carbocycles. The number of hydrogen-bond donors (Lipinski definition) is 7. The van der Waals surface area contributed by atoms with E-state index >= 15 is 0 Å². The number of nitrogens with zero attached hydrogens (tertiary/aromatic N) is 6. The smallest absolute Gasteiger partial charge is 0.222 e. The predicted octanol–water partition coefficient (Wildman–Crippen LogP) is 10.4. The van der Waals surface area contributed by atoms with Gasteiger partial charge in [0, 0.05) is 40.5 Å². The molecule has 0 radical (unpaired) electrons. The molecular weight excluding hydrogens is 909 g/mol. The Morgan fingerprint density at radius 1 is 0.451 bits per heavy atom. The molecule has 6 rings (SSSR count). The number of anilines is 6. The summed E-state index contributed by atoms with van der Waals surface area (Å²) in [5.74, 6) is 6.47. The van der Waals surface area contributed by atoms with Crippen molar-refractivity contribution in [1.29, 1.82) is 0 Å². The second-order valence-electron chi connectivity index (χ2n) is 16.4. The molecular formula is C51H74N12O8. The first kappa shape index (κ1) is 59.3. The number of hydrogen-bond acceptors (Lipinski definition) is 20. The van der Waals surface area contributed by atoms with Crippen molar-refractivity contribution in [2.24, 2.45) is 0 Å². The van der Waals surface area contributed by atoms with E-state index in [1.54, 1.807) is 47.5 Å². The molecule has 13 N–H and O–H groups in total. The van der Waals surface area contributed by atoms with Gasteiger partial charge in [-0.05, 0) is 68.0 Å². The van der Waals surface area contributed by atoms with Crippen molar-refractivity contribution in [3.05, 3.63) is 94.9 Å². The van der Waals surface area contributed by atoms with Crippen LogP contribution in [-0.4, -0.2) is 63.4 Å². The molecule has 71 heavy (non-hydrogen) atoms. The molecule has 386 valence electrons. The highest BCUT2D eigenvalue weighted by atomic mass is 16.5. The molecule has 0 spiro atoms. The lowest BCUT2D eigenvalue weighted by Crippen LogP contribution is -2.05. The van der Waals surface area contributed by atoms with Gasteiger partial charge in [-0.1, -0.05) is 69.1 Å². The molecule has 0 amide bonds. The highest BCUT2D eigenvalue weighted by Gasteiger charge is 2.21. The standard InChI is InChI=1S/C17H24N4O3.C16H22N4O3.C16H20N4O2.2CH4/c1-9(2)11-6-13(23-5)12(10(3)22-4)7-14(11)24-15-8-20-17(19)21-16(15)18;1-8(2)10-5-12(22-4)11(9(3)21)6-13(10)23-14-7-19-16(18)20-15(14)17;1-5-10-6-13(11(9(2)3)7-12(10)21-4)22-14-8-19-16(18)20-15(14)17;;/h6-10H,1-5H3,(H4,18,19,20,21);5-9,21H,1-4H3,(H4,17,18,19,20);5-9H,1H2,2-4H3,(H4,17,18,19,20);2*1H4. The Bertz CT molecular complexity index is 2700. The number of nitrogen functional groups attached to an aromatic ring is 6. The van der Waals surface area contributed by atoms with Crippen LogP contribution in [0.15, 0.2) is 61.6 Å². The van der Waals surface area contributed by atoms with E-state index in [1.807, 2.05) is 51.1 Å². The summed E-state index contributed by atoms with van der Waals surface area (Å²) in [6.45, 7) is 19.7. The predicted molar refractivity (Wildman–Crippen MR) is 284 cm³/mol. The topological polar surface area (TPSA) is 318 Å². The van der Waals surface area contributed by atoms with E-state index in [1.165, 1.54) is 18.6 Å². The molecule has 0 aliphatic heterocycles. The molecule has 3 aromatic carbocycles. The Balaban J connectivity index is 0.000000360. The van der Waals surface area contributed by atoms with Gasteiger partial charge in [-0.25, -0.2) is 15.0 Å². The van der Waals surface area contributed by atoms with Crippen LogP contribution in [0.5, 0.6) is 51.7 Å². The highest BCUT2D eigenvalue weighted by Crippen LogP contribution is 2.42. The maximum atomic E-state index is 9.95. The van der Waals surface area contributed by atoms with E-state index in [9.17, 15) is 5.11 Å². The van der Waals surface area contributed by atoms with Crippen LogP contribution < -0.4 is 62.8 Å². The van der Waals surface area contributed by atoms with E-state index in [2.05, 4.69) is 64.2 Å². The lowest BCUT2D eigenvalue weighted by Gasteiger charge is -2.20.